The molecule has 0 saturated carbocycles. The molecule has 0 aromatic carbocycles. The van der Waals surface area contributed by atoms with E-state index in [1.54, 1.807) is 13.8 Å². The van der Waals surface area contributed by atoms with Gasteiger partial charge in [0.1, 0.15) is 18.1 Å². The van der Waals surface area contributed by atoms with Crippen LogP contribution in [0, 0.1) is 5.92 Å². The summed E-state index contributed by atoms with van der Waals surface area (Å²) in [5, 5.41) is 14.1. The van der Waals surface area contributed by atoms with E-state index in [2.05, 4.69) is 10.6 Å². The number of hydrogen-bond donors (Lipinski definition) is 3. The summed E-state index contributed by atoms with van der Waals surface area (Å²) in [4.78, 5) is 48.4. The Bertz CT molecular complexity index is 499. The zero-order valence-electron chi connectivity index (χ0n) is 14.0. The molecule has 0 aliphatic carbocycles. The van der Waals surface area contributed by atoms with E-state index in [1.165, 1.54) is 0 Å². The van der Waals surface area contributed by atoms with Crippen molar-refractivity contribution in [2.45, 2.75) is 58.5 Å². The predicted octanol–water partition coefficient (Wildman–Crippen LogP) is 0.713. The Morgan fingerprint density at radius 3 is 2.22 bits per heavy atom. The fourth-order valence-electron chi connectivity index (χ4n) is 2.63. The highest BCUT2D eigenvalue weighted by molar-refractivity contribution is 6.09. The molecule has 0 radical (unpaired) electrons. The molecule has 3 N–H and O–H groups in total. The van der Waals surface area contributed by atoms with Crippen LogP contribution in [0.3, 0.4) is 0 Å². The highest BCUT2D eigenvalue weighted by Crippen LogP contribution is 2.24. The molecule has 8 nitrogen and oxygen atoms in total. The highest BCUT2D eigenvalue weighted by Gasteiger charge is 2.49. The van der Waals surface area contributed by atoms with Gasteiger partial charge in [0, 0.05) is 0 Å². The van der Waals surface area contributed by atoms with Gasteiger partial charge in [-0.15, -0.1) is 0 Å². The third-order valence-corrected chi connectivity index (χ3v) is 4.10. The Hall–Kier alpha value is -2.12. The van der Waals surface area contributed by atoms with Gasteiger partial charge in [-0.3, -0.25) is 14.5 Å². The van der Waals surface area contributed by atoms with Crippen molar-refractivity contribution in [2.75, 3.05) is 6.54 Å². The zero-order valence-corrected chi connectivity index (χ0v) is 14.0. The van der Waals surface area contributed by atoms with Crippen LogP contribution in [0.15, 0.2) is 0 Å². The van der Waals surface area contributed by atoms with E-state index in [4.69, 9.17) is 5.11 Å². The molecule has 8 heteroatoms. The van der Waals surface area contributed by atoms with E-state index in [0.717, 1.165) is 4.90 Å². The first-order valence-electron chi connectivity index (χ1n) is 7.83. The van der Waals surface area contributed by atoms with E-state index in [9.17, 15) is 19.2 Å². The monoisotopic (exact) mass is 327 g/mol. The largest absolute Gasteiger partial charge is 0.480 e. The van der Waals surface area contributed by atoms with E-state index in [1.807, 2.05) is 13.8 Å². The molecule has 1 heterocycles. The third kappa shape index (κ3) is 4.20. The average molecular weight is 327 g/mol. The summed E-state index contributed by atoms with van der Waals surface area (Å²) in [6.07, 6.45) is 1.13. The Balaban J connectivity index is 2.75. The van der Waals surface area contributed by atoms with Crippen molar-refractivity contribution in [2.24, 2.45) is 5.92 Å². The predicted molar refractivity (Wildman–Crippen MR) is 82.6 cm³/mol. The van der Waals surface area contributed by atoms with Crippen molar-refractivity contribution < 1.29 is 24.3 Å². The number of aliphatic carboxylic acids is 1. The minimum absolute atomic E-state index is 0.0842. The van der Waals surface area contributed by atoms with Crippen molar-refractivity contribution in [3.63, 3.8) is 0 Å². The Kier molecular flexibility index (Phi) is 6.12. The lowest BCUT2D eigenvalue weighted by Crippen LogP contribution is -2.49. The summed E-state index contributed by atoms with van der Waals surface area (Å²) in [6, 6.07) is -1.66. The fourth-order valence-corrected chi connectivity index (χ4v) is 2.63. The van der Waals surface area contributed by atoms with Crippen LogP contribution in [0.1, 0.15) is 47.0 Å². The molecular formula is C15H25N3O5. The number of carbonyl (C=O) groups excluding carboxylic acids is 3. The molecule has 0 aromatic heterocycles. The van der Waals surface area contributed by atoms with Gasteiger partial charge in [-0.2, -0.15) is 0 Å². The summed E-state index contributed by atoms with van der Waals surface area (Å²) in [5.41, 5.74) is -0.971. The van der Waals surface area contributed by atoms with Gasteiger partial charge >= 0.3 is 12.0 Å². The first kappa shape index (κ1) is 18.9. The van der Waals surface area contributed by atoms with Crippen LogP contribution < -0.4 is 10.6 Å². The number of carboxylic acid groups (broad SMARTS) is 1. The molecule has 1 rings (SSSR count). The minimum Gasteiger partial charge on any atom is -0.480 e. The topological polar surface area (TPSA) is 116 Å². The van der Waals surface area contributed by atoms with E-state index in [-0.39, 0.29) is 12.3 Å². The van der Waals surface area contributed by atoms with Crippen LogP contribution in [0.5, 0.6) is 0 Å². The van der Waals surface area contributed by atoms with Crippen LogP contribution in [-0.4, -0.2) is 51.9 Å². The number of carbonyl (C=O) groups is 4. The summed E-state index contributed by atoms with van der Waals surface area (Å²) >= 11 is 0. The smallest absolute Gasteiger partial charge is 0.326 e. The molecule has 130 valence electrons. The summed E-state index contributed by atoms with van der Waals surface area (Å²) in [5.74, 6) is -2.16. The van der Waals surface area contributed by atoms with Crippen molar-refractivity contribution in [3.8, 4) is 0 Å². The first-order valence-corrected chi connectivity index (χ1v) is 7.83. The van der Waals surface area contributed by atoms with E-state index in [0.29, 0.717) is 12.8 Å². The standard InChI is InChI=1S/C15H25N3O5/c1-5-15(6-2)13(22)18(14(23)17-15)8-11(19)16-10(12(20)21)7-9(3)4/h9-10H,5-8H2,1-4H3,(H,16,19)(H,17,23)(H,20,21)/t10-/m1/s1. The van der Waals surface area contributed by atoms with Crippen LogP contribution in [0.4, 0.5) is 4.79 Å². The van der Waals surface area contributed by atoms with Gasteiger partial charge in [0.05, 0.1) is 0 Å². The molecule has 0 bridgehead atoms. The molecule has 1 saturated heterocycles. The maximum atomic E-state index is 12.4. The normalized spacial score (nSPS) is 18.0. The summed E-state index contributed by atoms with van der Waals surface area (Å²) in [6.45, 7) is 6.78. The van der Waals surface area contributed by atoms with Gasteiger partial charge in [0.25, 0.3) is 5.91 Å². The van der Waals surface area contributed by atoms with Crippen molar-refractivity contribution in [3.05, 3.63) is 0 Å². The molecule has 1 atom stereocenters. The number of carboxylic acids is 1. The van der Waals surface area contributed by atoms with Gasteiger partial charge in [0.15, 0.2) is 0 Å². The van der Waals surface area contributed by atoms with Crippen molar-refractivity contribution in [1.82, 2.24) is 15.5 Å². The molecule has 0 spiro atoms. The first-order chi connectivity index (χ1) is 10.7. The lowest BCUT2D eigenvalue weighted by Gasteiger charge is -2.23. The number of rotatable bonds is 8. The zero-order chi connectivity index (χ0) is 17.8. The van der Waals surface area contributed by atoms with E-state index < -0.39 is 41.9 Å². The molecular weight excluding hydrogens is 302 g/mol. The van der Waals surface area contributed by atoms with Crippen LogP contribution in [-0.2, 0) is 14.4 Å². The molecule has 0 unspecified atom stereocenters. The number of imide groups is 1. The maximum Gasteiger partial charge on any atom is 0.326 e. The summed E-state index contributed by atoms with van der Waals surface area (Å²) in [7, 11) is 0. The molecule has 23 heavy (non-hydrogen) atoms. The van der Waals surface area contributed by atoms with Crippen LogP contribution >= 0.6 is 0 Å². The SMILES string of the molecule is CCC1(CC)NC(=O)N(CC(=O)N[C@H](CC(C)C)C(=O)O)C1=O. The number of hydrogen-bond acceptors (Lipinski definition) is 4. The van der Waals surface area contributed by atoms with Gasteiger partial charge in [-0.1, -0.05) is 27.7 Å². The van der Waals surface area contributed by atoms with Gasteiger partial charge < -0.3 is 15.7 Å². The summed E-state index contributed by atoms with van der Waals surface area (Å²) < 4.78 is 0. The third-order valence-electron chi connectivity index (χ3n) is 4.10. The molecule has 0 aromatic rings. The van der Waals surface area contributed by atoms with Crippen LogP contribution in [0.25, 0.3) is 0 Å². The maximum absolute atomic E-state index is 12.4. The van der Waals surface area contributed by atoms with Crippen LogP contribution in [0.2, 0.25) is 0 Å². The van der Waals surface area contributed by atoms with Gasteiger partial charge in [-0.05, 0) is 25.2 Å². The van der Waals surface area contributed by atoms with E-state index >= 15 is 0 Å². The fraction of sp³-hybridized carbons (Fsp3) is 0.733. The number of nitrogens with zero attached hydrogens (tertiary/aromatic N) is 1. The second-order valence-corrected chi connectivity index (χ2v) is 6.20. The lowest BCUT2D eigenvalue weighted by atomic mass is 9.93. The van der Waals surface area contributed by atoms with Crippen molar-refractivity contribution in [1.29, 1.82) is 0 Å². The van der Waals surface area contributed by atoms with Gasteiger partial charge in [-0.25, -0.2) is 9.59 Å². The highest BCUT2D eigenvalue weighted by atomic mass is 16.4. The molecule has 1 aliphatic heterocycles. The Morgan fingerprint density at radius 1 is 1.26 bits per heavy atom. The number of amides is 4. The Morgan fingerprint density at radius 2 is 1.83 bits per heavy atom. The second-order valence-electron chi connectivity index (χ2n) is 6.20. The molecule has 1 fully saturated rings. The van der Waals surface area contributed by atoms with Gasteiger partial charge in [0.2, 0.25) is 5.91 Å². The number of urea groups is 1. The molecule has 1 aliphatic rings. The minimum atomic E-state index is -1.14. The lowest BCUT2D eigenvalue weighted by molar-refractivity contribution is -0.142. The molecule has 4 amide bonds. The number of nitrogens with one attached hydrogen (secondary N) is 2. The second kappa shape index (κ2) is 7.43. The Labute approximate surface area is 135 Å². The average Bonchev–Trinajstić information content (AvgIpc) is 2.70. The van der Waals surface area contributed by atoms with Crippen molar-refractivity contribution >= 4 is 23.8 Å². The quantitative estimate of drug-likeness (QED) is 0.568.